The van der Waals surface area contributed by atoms with Gasteiger partial charge in [-0.25, -0.2) is 0 Å². The summed E-state index contributed by atoms with van der Waals surface area (Å²) in [5.74, 6) is 0. The van der Waals surface area contributed by atoms with Gasteiger partial charge in [0.25, 0.3) is 0 Å². The predicted octanol–water partition coefficient (Wildman–Crippen LogP) is 26.4. The van der Waals surface area contributed by atoms with E-state index in [9.17, 15) is 0 Å². The summed E-state index contributed by atoms with van der Waals surface area (Å²) in [5, 5.41) is 0. The molecule has 9 rings (SSSR count). The molecule has 0 radical (unpaired) electrons. The topological polar surface area (TPSA) is 44.8 Å². The molecule has 98 heavy (non-hydrogen) atoms. The molecule has 0 bridgehead atoms. The van der Waals surface area contributed by atoms with Crippen LogP contribution in [0.3, 0.4) is 0 Å². The molecule has 524 valence electrons. The van der Waals surface area contributed by atoms with Gasteiger partial charge in [-0.05, 0) is 0 Å². The van der Waals surface area contributed by atoms with Crippen LogP contribution in [-0.4, -0.2) is 20.1 Å². The summed E-state index contributed by atoms with van der Waals surface area (Å²) in [5.41, 5.74) is -1.40. The van der Waals surface area contributed by atoms with Crippen molar-refractivity contribution in [3.8, 4) is 0 Å². The Labute approximate surface area is 584 Å². The van der Waals surface area contributed by atoms with Gasteiger partial charge in [0.15, 0.2) is 0 Å². The average molecular weight is 1520 g/mol. The first-order chi connectivity index (χ1) is 45.0. The molecule has 0 atom stereocenters. The van der Waals surface area contributed by atoms with Crippen LogP contribution in [0.25, 0.3) is 0 Å². The Hall–Kier alpha value is -6.10. The zero-order valence-electron chi connectivity index (χ0n) is 59.0. The summed E-state index contributed by atoms with van der Waals surface area (Å²) in [6.07, 6.45) is -14.9. The van der Waals surface area contributed by atoms with Crippen molar-refractivity contribution in [1.29, 1.82) is 0 Å². The van der Waals surface area contributed by atoms with E-state index < -0.39 is 119 Å². The maximum atomic E-state index is 19.4. The molecule has 17 heteroatoms. The molecule has 4 nitrogen and oxygen atoms in total. The first-order valence-corrected chi connectivity index (χ1v) is 41.3. The Morgan fingerprint density at radius 1 is 0.224 bits per heavy atom. The second-order valence-corrected chi connectivity index (χ2v) is 45.5. The first-order valence-electron chi connectivity index (χ1n) is 32.4. The van der Waals surface area contributed by atoms with Crippen LogP contribution in [0.1, 0.15) is 175 Å². The van der Waals surface area contributed by atoms with Crippen LogP contribution in [0.15, 0.2) is 262 Å². The number of hydrogen-bond acceptors (Lipinski definition) is 4. The van der Waals surface area contributed by atoms with Crippen molar-refractivity contribution < 1.29 is 49.9 Å². The number of hydrogen-bond donors (Lipinski definition) is 0. The predicted molar refractivity (Wildman–Crippen MR) is 382 cm³/mol. The van der Waals surface area contributed by atoms with Gasteiger partial charge in [-0.3, -0.25) is 0 Å². The van der Waals surface area contributed by atoms with Crippen LogP contribution in [0, 0.1) is 0 Å². The third-order valence-electron chi connectivity index (χ3n) is 17.4. The van der Waals surface area contributed by atoms with Crippen molar-refractivity contribution in [2.75, 3.05) is 0 Å². The Balaban J connectivity index is 1.59. The van der Waals surface area contributed by atoms with Crippen LogP contribution in [0.5, 0.6) is 0 Å². The number of halogens is 9. The molecule has 0 N–H and O–H groups in total. The number of benzene rings is 9. The van der Waals surface area contributed by atoms with Crippen LogP contribution < -0.4 is 0 Å². The van der Waals surface area contributed by atoms with Crippen molar-refractivity contribution >= 4 is 51.0 Å². The molecule has 0 aromatic heterocycles. The molecule has 0 spiro atoms. The molecule has 0 heterocycles. The SMILES string of the molecule is CC(C)(C)c1ccc(S([O][Sb](=[O])([O]S(c2ccc(C(C)(C)C)cc2)(c2ccc(C(C)(C)C)cc2)c2cccc(C(F)(F)F)c2)[O]S(c2ccc(C(C)(C)C)cc2)(c2ccc(C(C)(C)C)cc2)c2cccc(C(F)(F)F)c2)(c2ccc(C(C)(C)C)cc2)c2cccc(C(F)(F)F)c2)cc1. The first kappa shape index (κ1) is 76.1. The van der Waals surface area contributed by atoms with Crippen LogP contribution >= 0.6 is 30.9 Å². The summed E-state index contributed by atoms with van der Waals surface area (Å²) < 4.78 is 186. The Kier molecular flexibility index (Phi) is 21.0. The van der Waals surface area contributed by atoms with Gasteiger partial charge in [-0.2, -0.15) is 0 Å². The van der Waals surface area contributed by atoms with Gasteiger partial charge in [0.1, 0.15) is 0 Å². The zero-order chi connectivity index (χ0) is 72.5. The summed E-state index contributed by atoms with van der Waals surface area (Å²) >= 11 is -7.95. The van der Waals surface area contributed by atoms with E-state index in [1.807, 2.05) is 197 Å². The normalized spacial score (nSPS) is 14.3. The van der Waals surface area contributed by atoms with Gasteiger partial charge in [-0.15, -0.1) is 0 Å². The molecule has 0 unspecified atom stereocenters. The molecule has 0 saturated heterocycles. The summed E-state index contributed by atoms with van der Waals surface area (Å²) in [6.45, 7) is 35.9. The minimum absolute atomic E-state index is 0.131. The van der Waals surface area contributed by atoms with Crippen LogP contribution in [0.2, 0.25) is 0 Å². The maximum absolute atomic E-state index is 19.4. The van der Waals surface area contributed by atoms with Gasteiger partial charge >= 0.3 is 589 Å². The van der Waals surface area contributed by atoms with E-state index in [2.05, 4.69) is 0 Å². The third kappa shape index (κ3) is 16.1. The summed E-state index contributed by atoms with van der Waals surface area (Å²) in [4.78, 5) is 0.868. The molecule has 9 aromatic carbocycles. The van der Waals surface area contributed by atoms with Crippen molar-refractivity contribution in [2.24, 2.45) is 0 Å². The fraction of sp³-hybridized carbons (Fsp3) is 0.333. The molecule has 0 aliphatic rings. The fourth-order valence-corrected chi connectivity index (χ4v) is 36.2. The van der Waals surface area contributed by atoms with Crippen molar-refractivity contribution in [2.45, 2.75) is 220 Å². The average Bonchev–Trinajstić information content (AvgIpc) is 0.709. The summed E-state index contributed by atoms with van der Waals surface area (Å²) in [6, 6.07) is 56.0. The number of alkyl halides is 9. The van der Waals surface area contributed by atoms with E-state index in [1.165, 1.54) is 36.4 Å². The Morgan fingerprint density at radius 3 is 0.510 bits per heavy atom. The van der Waals surface area contributed by atoms with Gasteiger partial charge in [0.2, 0.25) is 0 Å². The van der Waals surface area contributed by atoms with Crippen LogP contribution in [-0.2, 0) is 61.4 Å². The Bertz CT molecular complexity index is 3700. The molecule has 0 saturated carbocycles. The second-order valence-electron chi connectivity index (χ2n) is 31.1. The van der Waals surface area contributed by atoms with Crippen molar-refractivity contribution in [3.05, 3.63) is 268 Å². The molecule has 0 aliphatic carbocycles. The molecule has 0 amide bonds. The van der Waals surface area contributed by atoms with Gasteiger partial charge < -0.3 is 0 Å². The van der Waals surface area contributed by atoms with Crippen LogP contribution in [0.4, 0.5) is 39.5 Å². The van der Waals surface area contributed by atoms with E-state index in [0.717, 1.165) is 69.8 Å². The summed E-state index contributed by atoms with van der Waals surface area (Å²) in [7, 11) is -12.3. The van der Waals surface area contributed by atoms with Gasteiger partial charge in [0.05, 0.1) is 0 Å². The fourth-order valence-electron chi connectivity index (χ4n) is 11.5. The zero-order valence-corrected chi connectivity index (χ0v) is 64.0. The molecular weight excluding hydrogens is 1430 g/mol. The van der Waals surface area contributed by atoms with E-state index in [4.69, 9.17) is 7.38 Å². The molecule has 0 fully saturated rings. The van der Waals surface area contributed by atoms with E-state index in [0.29, 0.717) is 0 Å². The monoisotopic (exact) mass is 1510 g/mol. The van der Waals surface area contributed by atoms with E-state index in [1.54, 1.807) is 72.8 Å². The van der Waals surface area contributed by atoms with Gasteiger partial charge in [0, 0.05) is 0 Å². The van der Waals surface area contributed by atoms with E-state index in [-0.39, 0.29) is 44.1 Å². The number of rotatable bonds is 15. The second kappa shape index (κ2) is 27.0. The quantitative estimate of drug-likeness (QED) is 0.0758. The van der Waals surface area contributed by atoms with Gasteiger partial charge in [-0.1, -0.05) is 0 Å². The third-order valence-corrected chi connectivity index (χ3v) is 37.4. The Morgan fingerprint density at radius 2 is 0.378 bits per heavy atom. The minimum atomic E-state index is -7.95. The van der Waals surface area contributed by atoms with Crippen molar-refractivity contribution in [1.82, 2.24) is 0 Å². The van der Waals surface area contributed by atoms with E-state index >= 15 is 42.5 Å². The molecular formula is C81H90F9O4S3Sb. The van der Waals surface area contributed by atoms with Crippen molar-refractivity contribution in [3.63, 3.8) is 0 Å². The molecule has 0 aliphatic heterocycles. The molecule has 9 aromatic rings. The standard InChI is InChI=1S/3C27H31F3OS.O.Sb/c3*1-25(2,3)19-10-14-22(15-11-19)32(31,23-16-12-20(13-17-23)26(4,5)6)24-9-7-8-21(18-24)27(28,29)30;;/h3*7-18,31H,1-6H3;;/q;;;;+3/p-3.